The van der Waals surface area contributed by atoms with Crippen LogP contribution >= 0.6 is 0 Å². The van der Waals surface area contributed by atoms with Crippen molar-refractivity contribution in [2.75, 3.05) is 11.9 Å². The number of nitrogens with two attached hydrogens (primary N) is 1. The van der Waals surface area contributed by atoms with E-state index in [1.54, 1.807) is 0 Å². The van der Waals surface area contributed by atoms with E-state index in [4.69, 9.17) is 0 Å². The van der Waals surface area contributed by atoms with Gasteiger partial charge in [0.1, 0.15) is 6.54 Å². The highest BCUT2D eigenvalue weighted by atomic mass is 16.2. The number of hydrogen-bond donors (Lipinski definition) is 3. The zero-order chi connectivity index (χ0) is 20.9. The van der Waals surface area contributed by atoms with Crippen LogP contribution in [-0.4, -0.2) is 24.4 Å². The Hall–Kier alpha value is -2.66. The molecule has 0 bridgehead atoms. The molecular weight excluding hydrogens is 374 g/mol. The summed E-state index contributed by atoms with van der Waals surface area (Å²) in [4.78, 5) is 25.2. The lowest BCUT2D eigenvalue weighted by molar-refractivity contribution is -0.695. The lowest BCUT2D eigenvalue weighted by atomic mass is 9.81. The second-order valence-electron chi connectivity index (χ2n) is 8.84. The zero-order valence-electron chi connectivity index (χ0n) is 17.7. The minimum atomic E-state index is -0.0310. The van der Waals surface area contributed by atoms with Gasteiger partial charge in [0.15, 0.2) is 6.04 Å². The number of carbonyl (C=O) groups excluding carboxylic acids is 2. The molecule has 1 atom stereocenters. The summed E-state index contributed by atoms with van der Waals surface area (Å²) in [5, 5.41) is 8.36. The molecule has 0 saturated heterocycles. The quantitative estimate of drug-likeness (QED) is 0.714. The van der Waals surface area contributed by atoms with Crippen LogP contribution in [0.5, 0.6) is 0 Å². The first-order valence-corrected chi connectivity index (χ1v) is 11.1. The van der Waals surface area contributed by atoms with Crippen LogP contribution in [0, 0.1) is 18.8 Å². The van der Waals surface area contributed by atoms with Crippen LogP contribution in [0.15, 0.2) is 48.5 Å². The molecule has 1 aliphatic heterocycles. The van der Waals surface area contributed by atoms with Gasteiger partial charge >= 0.3 is 0 Å². The van der Waals surface area contributed by atoms with Crippen molar-refractivity contribution < 1.29 is 14.9 Å². The van der Waals surface area contributed by atoms with Crippen molar-refractivity contribution in [3.63, 3.8) is 0 Å². The van der Waals surface area contributed by atoms with E-state index in [0.717, 1.165) is 50.9 Å². The van der Waals surface area contributed by atoms with Crippen molar-refractivity contribution in [1.82, 2.24) is 5.32 Å². The monoisotopic (exact) mass is 406 g/mol. The van der Waals surface area contributed by atoms with E-state index in [0.29, 0.717) is 5.92 Å². The summed E-state index contributed by atoms with van der Waals surface area (Å²) in [5.41, 5.74) is 4.68. The number of aryl methyl sites for hydroxylation is 1. The Morgan fingerprint density at radius 1 is 0.933 bits per heavy atom. The van der Waals surface area contributed by atoms with Crippen LogP contribution in [0.4, 0.5) is 5.69 Å². The van der Waals surface area contributed by atoms with Gasteiger partial charge in [-0.3, -0.25) is 9.59 Å². The molecule has 0 spiro atoms. The van der Waals surface area contributed by atoms with Gasteiger partial charge in [0, 0.05) is 30.1 Å². The molecule has 1 heterocycles. The summed E-state index contributed by atoms with van der Waals surface area (Å²) in [6.45, 7) is 3.63. The Balaban J connectivity index is 1.19. The third-order valence-electron chi connectivity index (χ3n) is 6.62. The number of rotatable bonds is 5. The number of anilines is 1. The number of benzene rings is 2. The number of fused-ring (bicyclic) bond motifs is 1. The Morgan fingerprint density at radius 3 is 2.37 bits per heavy atom. The van der Waals surface area contributed by atoms with Gasteiger partial charge in [-0.1, -0.05) is 42.0 Å². The van der Waals surface area contributed by atoms with Crippen molar-refractivity contribution >= 4 is 17.5 Å². The molecule has 1 fully saturated rings. The van der Waals surface area contributed by atoms with Gasteiger partial charge in [-0.15, -0.1) is 0 Å². The molecule has 0 radical (unpaired) electrons. The molecule has 1 saturated carbocycles. The summed E-state index contributed by atoms with van der Waals surface area (Å²) in [6.07, 6.45) is 4.56. The molecule has 2 aromatic carbocycles. The molecule has 5 nitrogen and oxygen atoms in total. The molecule has 5 heteroatoms. The van der Waals surface area contributed by atoms with Crippen LogP contribution in [-0.2, 0) is 22.6 Å². The Morgan fingerprint density at radius 2 is 1.63 bits per heavy atom. The number of amides is 2. The van der Waals surface area contributed by atoms with Crippen molar-refractivity contribution in [3.05, 3.63) is 65.2 Å². The average molecular weight is 407 g/mol. The summed E-state index contributed by atoms with van der Waals surface area (Å²) in [6, 6.07) is 16.3. The van der Waals surface area contributed by atoms with Gasteiger partial charge in [0.25, 0.3) is 5.91 Å². The van der Waals surface area contributed by atoms with Crippen LogP contribution < -0.4 is 16.0 Å². The first-order chi connectivity index (χ1) is 14.6. The average Bonchev–Trinajstić information content (AvgIpc) is 2.79. The van der Waals surface area contributed by atoms with E-state index in [2.05, 4.69) is 34.1 Å². The first-order valence-electron chi connectivity index (χ1n) is 11.1. The molecule has 4 N–H and O–H groups in total. The van der Waals surface area contributed by atoms with E-state index in [1.807, 2.05) is 37.3 Å². The fourth-order valence-electron chi connectivity index (χ4n) is 4.63. The second kappa shape index (κ2) is 9.43. The van der Waals surface area contributed by atoms with Gasteiger partial charge in [-0.25, -0.2) is 0 Å². The summed E-state index contributed by atoms with van der Waals surface area (Å²) >= 11 is 0. The maximum absolute atomic E-state index is 12.6. The summed E-state index contributed by atoms with van der Waals surface area (Å²) in [7, 11) is 0. The van der Waals surface area contributed by atoms with Gasteiger partial charge in [0.2, 0.25) is 5.91 Å². The Kier molecular flexibility index (Phi) is 6.48. The van der Waals surface area contributed by atoms with Crippen molar-refractivity contribution in [1.29, 1.82) is 0 Å². The van der Waals surface area contributed by atoms with E-state index in [9.17, 15) is 9.59 Å². The normalized spacial score (nSPS) is 23.3. The lowest BCUT2D eigenvalue weighted by Gasteiger charge is -2.28. The van der Waals surface area contributed by atoms with Crippen LogP contribution in [0.2, 0.25) is 0 Å². The van der Waals surface area contributed by atoms with Crippen molar-refractivity contribution in [2.45, 2.75) is 51.6 Å². The molecule has 1 aliphatic carbocycles. The van der Waals surface area contributed by atoms with Crippen molar-refractivity contribution in [3.8, 4) is 0 Å². The Labute approximate surface area is 178 Å². The van der Waals surface area contributed by atoms with E-state index in [1.165, 1.54) is 16.7 Å². The molecule has 2 aromatic rings. The highest BCUT2D eigenvalue weighted by Gasteiger charge is 2.30. The molecular formula is C25H32N3O2+. The molecule has 2 aliphatic rings. The summed E-state index contributed by atoms with van der Waals surface area (Å²) < 4.78 is 0. The standard InChI is InChI=1S/C25H31N3O2/c1-17-6-12-22(13-7-17)28-24(29)19-10-8-18(9-11-19)15-27-25(30)23-14-20-4-2-3-5-21(20)16-26-23/h2-7,12-13,18-19,23,26H,8-11,14-16H2,1H3,(H,27,30)(H,28,29)/p+1/t18?,19?,23-/m0/s1. The minimum Gasteiger partial charge on any atom is -0.351 e. The number of carbonyl (C=O) groups is 2. The minimum absolute atomic E-state index is 0.0310. The zero-order valence-corrected chi connectivity index (χ0v) is 17.7. The number of hydrogen-bond acceptors (Lipinski definition) is 2. The highest BCUT2D eigenvalue weighted by Crippen LogP contribution is 2.29. The number of quaternary nitrogens is 1. The fourth-order valence-corrected chi connectivity index (χ4v) is 4.63. The van der Waals surface area contributed by atoms with Crippen LogP contribution in [0.1, 0.15) is 42.4 Å². The maximum Gasteiger partial charge on any atom is 0.278 e. The fraction of sp³-hybridized carbons (Fsp3) is 0.440. The van der Waals surface area contributed by atoms with Gasteiger partial charge < -0.3 is 16.0 Å². The molecule has 158 valence electrons. The van der Waals surface area contributed by atoms with E-state index in [-0.39, 0.29) is 23.8 Å². The predicted molar refractivity (Wildman–Crippen MR) is 118 cm³/mol. The topological polar surface area (TPSA) is 74.8 Å². The SMILES string of the molecule is Cc1ccc(NC(=O)C2CCC(CNC(=O)[C@@H]3Cc4ccccc4C[NH2+]3)CC2)cc1. The predicted octanol–water partition coefficient (Wildman–Crippen LogP) is 2.54. The van der Waals surface area contributed by atoms with Gasteiger partial charge in [0.05, 0.1) is 0 Å². The highest BCUT2D eigenvalue weighted by molar-refractivity contribution is 5.92. The molecule has 30 heavy (non-hydrogen) atoms. The van der Waals surface area contributed by atoms with Crippen LogP contribution in [0.25, 0.3) is 0 Å². The third-order valence-corrected chi connectivity index (χ3v) is 6.62. The van der Waals surface area contributed by atoms with Gasteiger partial charge in [-0.2, -0.15) is 0 Å². The smallest absolute Gasteiger partial charge is 0.278 e. The largest absolute Gasteiger partial charge is 0.351 e. The second-order valence-corrected chi connectivity index (χ2v) is 8.84. The third kappa shape index (κ3) is 5.08. The lowest BCUT2D eigenvalue weighted by Crippen LogP contribution is -2.93. The molecule has 0 unspecified atom stereocenters. The molecule has 0 aromatic heterocycles. The molecule has 4 rings (SSSR count). The Bertz CT molecular complexity index is 886. The first kappa shape index (κ1) is 20.6. The molecule has 2 amide bonds. The van der Waals surface area contributed by atoms with Crippen molar-refractivity contribution in [2.24, 2.45) is 11.8 Å². The van der Waals surface area contributed by atoms with Crippen LogP contribution in [0.3, 0.4) is 0 Å². The summed E-state index contributed by atoms with van der Waals surface area (Å²) in [5.74, 6) is 0.801. The van der Waals surface area contributed by atoms with E-state index >= 15 is 0 Å². The number of nitrogens with one attached hydrogen (secondary N) is 2. The van der Waals surface area contributed by atoms with Gasteiger partial charge in [-0.05, 0) is 56.2 Å². The van der Waals surface area contributed by atoms with E-state index < -0.39 is 0 Å². The maximum atomic E-state index is 12.6.